The monoisotopic (exact) mass is 214 g/mol. The standard InChI is InChI=1S/C9H11ClN2S/c10-9-8(11)3-7(4-12-9)6-1-2-13-5-6/h3-4,6H,1-2,5,11H2. The average molecular weight is 215 g/mol. The maximum Gasteiger partial charge on any atom is 0.151 e. The maximum atomic E-state index is 5.75. The molecule has 1 aliphatic heterocycles. The van der Waals surface area contributed by atoms with Crippen molar-refractivity contribution in [1.29, 1.82) is 0 Å². The third kappa shape index (κ3) is 1.92. The SMILES string of the molecule is Nc1cc(C2CCSC2)cnc1Cl. The van der Waals surface area contributed by atoms with Gasteiger partial charge in [0.2, 0.25) is 0 Å². The molecule has 4 heteroatoms. The zero-order valence-electron chi connectivity index (χ0n) is 7.16. The zero-order chi connectivity index (χ0) is 9.26. The van der Waals surface area contributed by atoms with Crippen LogP contribution in [0.1, 0.15) is 17.9 Å². The molecule has 0 saturated carbocycles. The van der Waals surface area contributed by atoms with Crippen molar-refractivity contribution in [2.24, 2.45) is 0 Å². The van der Waals surface area contributed by atoms with Gasteiger partial charge in [0.15, 0.2) is 5.15 Å². The summed E-state index contributed by atoms with van der Waals surface area (Å²) in [5.74, 6) is 3.05. The van der Waals surface area contributed by atoms with Crippen molar-refractivity contribution in [3.05, 3.63) is 23.0 Å². The second-order valence-electron chi connectivity index (χ2n) is 3.21. The molecule has 1 aromatic heterocycles. The second kappa shape index (κ2) is 3.76. The maximum absolute atomic E-state index is 5.75. The molecular weight excluding hydrogens is 204 g/mol. The van der Waals surface area contributed by atoms with E-state index in [1.54, 1.807) is 0 Å². The molecule has 13 heavy (non-hydrogen) atoms. The fourth-order valence-electron chi connectivity index (χ4n) is 1.50. The summed E-state index contributed by atoms with van der Waals surface area (Å²) in [4.78, 5) is 4.05. The minimum absolute atomic E-state index is 0.411. The van der Waals surface area contributed by atoms with E-state index in [0.717, 1.165) is 0 Å². The van der Waals surface area contributed by atoms with E-state index in [2.05, 4.69) is 4.98 Å². The zero-order valence-corrected chi connectivity index (χ0v) is 8.74. The van der Waals surface area contributed by atoms with Crippen molar-refractivity contribution in [1.82, 2.24) is 4.98 Å². The highest BCUT2D eigenvalue weighted by molar-refractivity contribution is 7.99. The van der Waals surface area contributed by atoms with E-state index in [1.165, 1.54) is 23.5 Å². The van der Waals surface area contributed by atoms with Crippen LogP contribution >= 0.6 is 23.4 Å². The van der Waals surface area contributed by atoms with Crippen LogP contribution in [0.2, 0.25) is 5.15 Å². The third-order valence-electron chi connectivity index (χ3n) is 2.29. The summed E-state index contributed by atoms with van der Waals surface area (Å²) in [6.07, 6.45) is 3.07. The van der Waals surface area contributed by atoms with Crippen molar-refractivity contribution in [3.8, 4) is 0 Å². The number of nitrogens with zero attached hydrogens (tertiary/aromatic N) is 1. The Balaban J connectivity index is 2.25. The molecule has 0 spiro atoms. The summed E-state index contributed by atoms with van der Waals surface area (Å²) >= 11 is 7.73. The molecule has 70 valence electrons. The highest BCUT2D eigenvalue weighted by Gasteiger charge is 2.18. The fraction of sp³-hybridized carbons (Fsp3) is 0.444. The van der Waals surface area contributed by atoms with E-state index in [0.29, 0.717) is 16.8 Å². The van der Waals surface area contributed by atoms with Gasteiger partial charge in [0.25, 0.3) is 0 Å². The van der Waals surface area contributed by atoms with Gasteiger partial charge in [-0.2, -0.15) is 11.8 Å². The Kier molecular flexibility index (Phi) is 2.65. The predicted molar refractivity (Wildman–Crippen MR) is 58.3 cm³/mol. The van der Waals surface area contributed by atoms with Crippen molar-refractivity contribution in [2.75, 3.05) is 17.2 Å². The lowest BCUT2D eigenvalue weighted by atomic mass is 10.0. The first-order chi connectivity index (χ1) is 6.27. The number of pyridine rings is 1. The molecule has 2 nitrogen and oxygen atoms in total. The Morgan fingerprint density at radius 1 is 1.62 bits per heavy atom. The van der Waals surface area contributed by atoms with Gasteiger partial charge in [-0.15, -0.1) is 0 Å². The quantitative estimate of drug-likeness (QED) is 0.731. The first-order valence-corrected chi connectivity index (χ1v) is 5.79. The van der Waals surface area contributed by atoms with Crippen LogP contribution in [0, 0.1) is 0 Å². The summed E-state index contributed by atoms with van der Waals surface area (Å²) in [5.41, 5.74) is 7.51. The highest BCUT2D eigenvalue weighted by Crippen LogP contribution is 2.33. The van der Waals surface area contributed by atoms with Crippen LogP contribution in [-0.2, 0) is 0 Å². The topological polar surface area (TPSA) is 38.9 Å². The van der Waals surface area contributed by atoms with E-state index in [4.69, 9.17) is 17.3 Å². The van der Waals surface area contributed by atoms with Crippen molar-refractivity contribution >= 4 is 29.1 Å². The molecule has 1 saturated heterocycles. The van der Waals surface area contributed by atoms with E-state index in [-0.39, 0.29) is 0 Å². The molecular formula is C9H11ClN2S. The molecule has 0 aromatic carbocycles. The normalized spacial score (nSPS) is 22.1. The van der Waals surface area contributed by atoms with Gasteiger partial charge in [-0.05, 0) is 29.7 Å². The van der Waals surface area contributed by atoms with Crippen LogP contribution in [-0.4, -0.2) is 16.5 Å². The highest BCUT2D eigenvalue weighted by atomic mass is 35.5. The number of nitrogens with two attached hydrogens (primary N) is 1. The molecule has 0 bridgehead atoms. The van der Waals surface area contributed by atoms with Crippen LogP contribution in [0.15, 0.2) is 12.3 Å². The van der Waals surface area contributed by atoms with Crippen LogP contribution < -0.4 is 5.73 Å². The first kappa shape index (κ1) is 9.16. The molecule has 2 rings (SSSR count). The Bertz CT molecular complexity index is 310. The van der Waals surface area contributed by atoms with Crippen LogP contribution in [0.4, 0.5) is 5.69 Å². The molecule has 1 atom stereocenters. The van der Waals surface area contributed by atoms with Crippen molar-refractivity contribution in [3.63, 3.8) is 0 Å². The summed E-state index contributed by atoms with van der Waals surface area (Å²) < 4.78 is 0. The lowest BCUT2D eigenvalue weighted by molar-refractivity contribution is 0.778. The molecule has 1 aliphatic rings. The molecule has 2 N–H and O–H groups in total. The summed E-state index contributed by atoms with van der Waals surface area (Å²) in [6.45, 7) is 0. The smallest absolute Gasteiger partial charge is 0.151 e. The largest absolute Gasteiger partial charge is 0.396 e. The van der Waals surface area contributed by atoms with Gasteiger partial charge in [-0.1, -0.05) is 11.6 Å². The van der Waals surface area contributed by atoms with Gasteiger partial charge >= 0.3 is 0 Å². The van der Waals surface area contributed by atoms with Gasteiger partial charge in [0.1, 0.15) is 0 Å². The summed E-state index contributed by atoms with van der Waals surface area (Å²) in [5, 5.41) is 0.411. The predicted octanol–water partition coefficient (Wildman–Crippen LogP) is 2.54. The third-order valence-corrected chi connectivity index (χ3v) is 3.77. The molecule has 1 aromatic rings. The Hall–Kier alpha value is -0.410. The molecule has 2 heterocycles. The lowest BCUT2D eigenvalue weighted by Crippen LogP contribution is -1.99. The second-order valence-corrected chi connectivity index (χ2v) is 4.72. The molecule has 0 aliphatic carbocycles. The Labute approximate surface area is 86.9 Å². The molecule has 0 radical (unpaired) electrons. The number of aromatic nitrogens is 1. The van der Waals surface area contributed by atoms with Crippen LogP contribution in [0.5, 0.6) is 0 Å². The van der Waals surface area contributed by atoms with Crippen LogP contribution in [0.25, 0.3) is 0 Å². The summed E-state index contributed by atoms with van der Waals surface area (Å²) in [7, 11) is 0. The molecule has 1 fully saturated rings. The Morgan fingerprint density at radius 3 is 3.08 bits per heavy atom. The number of rotatable bonds is 1. The van der Waals surface area contributed by atoms with Gasteiger partial charge < -0.3 is 5.73 Å². The number of anilines is 1. The lowest BCUT2D eigenvalue weighted by Gasteiger charge is -2.08. The fourth-order valence-corrected chi connectivity index (χ4v) is 2.87. The van der Waals surface area contributed by atoms with E-state index >= 15 is 0 Å². The number of thioether (sulfide) groups is 1. The van der Waals surface area contributed by atoms with E-state index < -0.39 is 0 Å². The number of hydrogen-bond acceptors (Lipinski definition) is 3. The van der Waals surface area contributed by atoms with Crippen molar-refractivity contribution in [2.45, 2.75) is 12.3 Å². The van der Waals surface area contributed by atoms with Gasteiger partial charge in [0.05, 0.1) is 5.69 Å². The number of nitrogen functional groups attached to an aromatic ring is 1. The summed E-state index contributed by atoms with van der Waals surface area (Å²) in [6, 6.07) is 1.95. The first-order valence-electron chi connectivity index (χ1n) is 4.26. The van der Waals surface area contributed by atoms with E-state index in [1.807, 2.05) is 24.0 Å². The van der Waals surface area contributed by atoms with E-state index in [9.17, 15) is 0 Å². The van der Waals surface area contributed by atoms with Gasteiger partial charge in [-0.3, -0.25) is 0 Å². The van der Waals surface area contributed by atoms with Gasteiger partial charge in [-0.25, -0.2) is 4.98 Å². The average Bonchev–Trinajstić information content (AvgIpc) is 2.62. The Morgan fingerprint density at radius 2 is 2.46 bits per heavy atom. The van der Waals surface area contributed by atoms with Crippen LogP contribution in [0.3, 0.4) is 0 Å². The minimum atomic E-state index is 0.411. The minimum Gasteiger partial charge on any atom is -0.396 e. The molecule has 0 amide bonds. The van der Waals surface area contributed by atoms with Crippen molar-refractivity contribution < 1.29 is 0 Å². The number of hydrogen-bond donors (Lipinski definition) is 1. The van der Waals surface area contributed by atoms with Gasteiger partial charge in [0, 0.05) is 11.9 Å². The molecule has 1 unspecified atom stereocenters. The number of halogens is 1.